The van der Waals surface area contributed by atoms with Gasteiger partial charge < -0.3 is 9.53 Å². The minimum atomic E-state index is -4.52. The average Bonchev–Trinajstić information content (AvgIpc) is 3.16. The van der Waals surface area contributed by atoms with Crippen LogP contribution in [-0.2, 0) is 11.0 Å². The number of rotatable bonds is 5. The van der Waals surface area contributed by atoms with Crippen molar-refractivity contribution in [2.45, 2.75) is 44.8 Å². The standard InChI is InChI=1S/C22H22F3N3O2/c1-2-30-20-11-19-15(12-28(27-19)16-8-6-14(13-29)7-9-16)10-17(20)18-4-3-5-21(26-18)22(23,24)25/h3-5,10-14,16H,2,6-9H2,1H3. The number of aromatic nitrogens is 3. The number of hydrogen-bond acceptors (Lipinski definition) is 4. The number of fused-ring (bicyclic) bond motifs is 1. The first-order chi connectivity index (χ1) is 14.4. The summed E-state index contributed by atoms with van der Waals surface area (Å²) in [6.45, 7) is 2.19. The van der Waals surface area contributed by atoms with Crippen molar-refractivity contribution in [1.29, 1.82) is 0 Å². The predicted octanol–water partition coefficient (Wildman–Crippen LogP) is 5.45. The van der Waals surface area contributed by atoms with Crippen molar-refractivity contribution in [2.75, 3.05) is 6.61 Å². The van der Waals surface area contributed by atoms with Crippen molar-refractivity contribution >= 4 is 17.2 Å². The zero-order chi connectivity index (χ0) is 21.3. The summed E-state index contributed by atoms with van der Waals surface area (Å²) in [5.74, 6) is 0.570. The summed E-state index contributed by atoms with van der Waals surface area (Å²) in [4.78, 5) is 14.8. The fourth-order valence-corrected chi connectivity index (χ4v) is 3.98. The minimum absolute atomic E-state index is 0.120. The summed E-state index contributed by atoms with van der Waals surface area (Å²) in [6, 6.07) is 7.59. The second-order valence-corrected chi connectivity index (χ2v) is 7.56. The lowest BCUT2D eigenvalue weighted by Gasteiger charge is -2.25. The van der Waals surface area contributed by atoms with E-state index < -0.39 is 11.9 Å². The summed E-state index contributed by atoms with van der Waals surface area (Å²) in [5, 5.41) is 5.48. The van der Waals surface area contributed by atoms with E-state index in [1.165, 1.54) is 6.07 Å². The molecular weight excluding hydrogens is 395 g/mol. The number of pyridine rings is 1. The van der Waals surface area contributed by atoms with Crippen LogP contribution in [0.15, 0.2) is 36.5 Å². The zero-order valence-corrected chi connectivity index (χ0v) is 16.5. The number of benzene rings is 1. The van der Waals surface area contributed by atoms with Crippen LogP contribution in [0.3, 0.4) is 0 Å². The third-order valence-electron chi connectivity index (χ3n) is 5.55. The average molecular weight is 417 g/mol. The second kappa shape index (κ2) is 8.08. The van der Waals surface area contributed by atoms with E-state index in [9.17, 15) is 18.0 Å². The van der Waals surface area contributed by atoms with Gasteiger partial charge in [0.25, 0.3) is 0 Å². The van der Waals surface area contributed by atoms with Crippen LogP contribution in [0.25, 0.3) is 22.2 Å². The van der Waals surface area contributed by atoms with Crippen LogP contribution in [-0.4, -0.2) is 27.7 Å². The summed E-state index contributed by atoms with van der Waals surface area (Å²) in [7, 11) is 0. The fraction of sp³-hybridized carbons (Fsp3) is 0.409. The van der Waals surface area contributed by atoms with Gasteiger partial charge in [0.1, 0.15) is 17.7 Å². The Labute approximate surface area is 171 Å². The van der Waals surface area contributed by atoms with Gasteiger partial charge in [0, 0.05) is 29.1 Å². The monoisotopic (exact) mass is 417 g/mol. The molecule has 4 rings (SSSR count). The Bertz CT molecular complexity index is 1050. The van der Waals surface area contributed by atoms with E-state index in [2.05, 4.69) is 10.1 Å². The molecule has 1 fully saturated rings. The Morgan fingerprint density at radius 2 is 1.97 bits per heavy atom. The lowest BCUT2D eigenvalue weighted by atomic mass is 9.87. The molecule has 30 heavy (non-hydrogen) atoms. The van der Waals surface area contributed by atoms with Gasteiger partial charge >= 0.3 is 6.18 Å². The second-order valence-electron chi connectivity index (χ2n) is 7.56. The Hall–Kier alpha value is -2.90. The quantitative estimate of drug-likeness (QED) is 0.518. The molecule has 1 aliphatic carbocycles. The summed E-state index contributed by atoms with van der Waals surface area (Å²) in [6.07, 6.45) is 1.85. The number of aldehydes is 1. The lowest BCUT2D eigenvalue weighted by Crippen LogP contribution is -2.19. The normalized spacial score (nSPS) is 19.7. The minimum Gasteiger partial charge on any atom is -0.493 e. The molecule has 0 atom stereocenters. The third kappa shape index (κ3) is 4.04. The Morgan fingerprint density at radius 1 is 1.20 bits per heavy atom. The molecule has 8 heteroatoms. The molecular formula is C22H22F3N3O2. The number of nitrogens with zero attached hydrogens (tertiary/aromatic N) is 3. The van der Waals surface area contributed by atoms with Crippen molar-refractivity contribution in [2.24, 2.45) is 5.92 Å². The van der Waals surface area contributed by atoms with Gasteiger partial charge in [-0.05, 0) is 50.8 Å². The first-order valence-electron chi connectivity index (χ1n) is 10.0. The van der Waals surface area contributed by atoms with E-state index in [-0.39, 0.29) is 17.7 Å². The van der Waals surface area contributed by atoms with Gasteiger partial charge in [-0.1, -0.05) is 6.07 Å². The van der Waals surface area contributed by atoms with Gasteiger partial charge in [-0.2, -0.15) is 18.3 Å². The van der Waals surface area contributed by atoms with Gasteiger partial charge in [0.2, 0.25) is 0 Å². The number of ether oxygens (including phenoxy) is 1. The van der Waals surface area contributed by atoms with Gasteiger partial charge in [0.15, 0.2) is 0 Å². The molecule has 158 valence electrons. The molecule has 0 unspecified atom stereocenters. The molecule has 0 radical (unpaired) electrons. The topological polar surface area (TPSA) is 57.0 Å². The Kier molecular flexibility index (Phi) is 5.49. The van der Waals surface area contributed by atoms with Crippen LogP contribution in [0.1, 0.15) is 44.3 Å². The Balaban J connectivity index is 1.73. The highest BCUT2D eigenvalue weighted by Crippen LogP contribution is 2.37. The van der Waals surface area contributed by atoms with Crippen LogP contribution in [0, 0.1) is 5.92 Å². The lowest BCUT2D eigenvalue weighted by molar-refractivity contribution is -0.141. The van der Waals surface area contributed by atoms with E-state index in [0.717, 1.165) is 43.4 Å². The Morgan fingerprint density at radius 3 is 2.63 bits per heavy atom. The van der Waals surface area contributed by atoms with Gasteiger partial charge in [-0.25, -0.2) is 4.98 Å². The van der Waals surface area contributed by atoms with E-state index in [1.807, 2.05) is 17.8 Å². The van der Waals surface area contributed by atoms with Crippen LogP contribution in [0.5, 0.6) is 5.75 Å². The number of hydrogen-bond donors (Lipinski definition) is 0. The van der Waals surface area contributed by atoms with Crippen molar-refractivity contribution in [1.82, 2.24) is 14.8 Å². The molecule has 0 N–H and O–H groups in total. The number of carbonyl (C=O) groups is 1. The summed E-state index contributed by atoms with van der Waals surface area (Å²) >= 11 is 0. The maximum absolute atomic E-state index is 13.1. The van der Waals surface area contributed by atoms with Crippen molar-refractivity contribution < 1.29 is 22.7 Å². The zero-order valence-electron chi connectivity index (χ0n) is 16.5. The van der Waals surface area contributed by atoms with E-state index in [0.29, 0.717) is 23.4 Å². The molecule has 3 aromatic rings. The summed E-state index contributed by atoms with van der Waals surface area (Å²) < 4.78 is 47.0. The highest BCUT2D eigenvalue weighted by Gasteiger charge is 2.32. The third-order valence-corrected chi connectivity index (χ3v) is 5.55. The maximum atomic E-state index is 13.1. The first kappa shape index (κ1) is 20.4. The van der Waals surface area contributed by atoms with E-state index in [1.54, 1.807) is 18.2 Å². The smallest absolute Gasteiger partial charge is 0.433 e. The molecule has 1 aromatic carbocycles. The molecule has 1 aliphatic rings. The fourth-order valence-electron chi connectivity index (χ4n) is 3.98. The van der Waals surface area contributed by atoms with Gasteiger partial charge in [-0.3, -0.25) is 4.68 Å². The highest BCUT2D eigenvalue weighted by molar-refractivity contribution is 5.87. The molecule has 0 spiro atoms. The molecule has 0 saturated heterocycles. The van der Waals surface area contributed by atoms with Crippen LogP contribution >= 0.6 is 0 Å². The molecule has 0 bridgehead atoms. The van der Waals surface area contributed by atoms with E-state index in [4.69, 9.17) is 4.74 Å². The van der Waals surface area contributed by atoms with Gasteiger partial charge in [-0.15, -0.1) is 0 Å². The SMILES string of the molecule is CCOc1cc2nn(C3CCC(C=O)CC3)cc2cc1-c1cccc(C(F)(F)F)n1. The first-order valence-corrected chi connectivity index (χ1v) is 10.0. The molecule has 0 aliphatic heterocycles. The molecule has 1 saturated carbocycles. The van der Waals surface area contributed by atoms with Gasteiger partial charge in [0.05, 0.1) is 23.9 Å². The van der Waals surface area contributed by atoms with Crippen molar-refractivity contribution in [3.05, 3.63) is 42.2 Å². The summed E-state index contributed by atoms with van der Waals surface area (Å²) in [5.41, 5.74) is 0.478. The van der Waals surface area contributed by atoms with Crippen molar-refractivity contribution in [3.63, 3.8) is 0 Å². The van der Waals surface area contributed by atoms with Crippen LogP contribution in [0.2, 0.25) is 0 Å². The van der Waals surface area contributed by atoms with Crippen molar-refractivity contribution in [3.8, 4) is 17.0 Å². The number of carbonyl (C=O) groups excluding carboxylic acids is 1. The molecule has 2 heterocycles. The predicted molar refractivity (Wildman–Crippen MR) is 106 cm³/mol. The highest BCUT2D eigenvalue weighted by atomic mass is 19.4. The number of alkyl halides is 3. The largest absolute Gasteiger partial charge is 0.493 e. The molecule has 0 amide bonds. The van der Waals surface area contributed by atoms with E-state index >= 15 is 0 Å². The maximum Gasteiger partial charge on any atom is 0.433 e. The van der Waals surface area contributed by atoms with Crippen LogP contribution in [0.4, 0.5) is 13.2 Å². The van der Waals surface area contributed by atoms with Crippen LogP contribution < -0.4 is 4.74 Å². The number of halogens is 3. The molecule has 5 nitrogen and oxygen atoms in total. The molecule has 2 aromatic heterocycles.